The summed E-state index contributed by atoms with van der Waals surface area (Å²) in [6.07, 6.45) is -2.79. The number of hydrogen-bond donors (Lipinski definition) is 1. The Balaban J connectivity index is 1.50. The van der Waals surface area contributed by atoms with Gasteiger partial charge in [0.2, 0.25) is 11.8 Å². The third-order valence-corrected chi connectivity index (χ3v) is 4.56. The number of alkyl halides is 3. The number of pyridine rings is 1. The van der Waals surface area contributed by atoms with Crippen molar-refractivity contribution in [2.45, 2.75) is 12.8 Å². The van der Waals surface area contributed by atoms with Crippen LogP contribution in [0.3, 0.4) is 0 Å². The number of nitrogens with zero attached hydrogens (tertiary/aromatic N) is 5. The molecule has 1 amide bonds. The SMILES string of the molecule is COc1ccc(-n2ncc(C(=O)Nc3ccc(OCc4ccccc4)nc3)c2C(F)(F)F)nn1. The van der Waals surface area contributed by atoms with Gasteiger partial charge in [0.15, 0.2) is 11.5 Å². The van der Waals surface area contributed by atoms with Gasteiger partial charge in [-0.25, -0.2) is 9.67 Å². The molecule has 1 aromatic carbocycles. The van der Waals surface area contributed by atoms with Crippen molar-refractivity contribution in [2.24, 2.45) is 0 Å². The molecule has 0 bridgehead atoms. The number of amides is 1. The molecule has 0 atom stereocenters. The predicted octanol–water partition coefficient (Wildman–Crippen LogP) is 3.92. The maximum absolute atomic E-state index is 13.8. The fourth-order valence-corrected chi connectivity index (χ4v) is 2.97. The number of halogens is 3. The van der Waals surface area contributed by atoms with Gasteiger partial charge in [0.25, 0.3) is 5.91 Å². The number of rotatable bonds is 7. The Morgan fingerprint density at radius 3 is 2.38 bits per heavy atom. The van der Waals surface area contributed by atoms with E-state index in [9.17, 15) is 18.0 Å². The van der Waals surface area contributed by atoms with Crippen molar-refractivity contribution in [1.82, 2.24) is 25.0 Å². The minimum atomic E-state index is -4.89. The number of carbonyl (C=O) groups excluding carboxylic acids is 1. The molecule has 0 saturated heterocycles. The van der Waals surface area contributed by atoms with Crippen LogP contribution in [-0.2, 0) is 12.8 Å². The first-order valence-corrected chi connectivity index (χ1v) is 9.82. The van der Waals surface area contributed by atoms with Crippen LogP contribution in [0.2, 0.25) is 0 Å². The molecule has 0 aliphatic rings. The molecular weight excluding hydrogens is 453 g/mol. The number of methoxy groups -OCH3 is 1. The van der Waals surface area contributed by atoms with E-state index in [0.717, 1.165) is 11.8 Å². The summed E-state index contributed by atoms with van der Waals surface area (Å²) < 4.78 is 52.3. The number of aromatic nitrogens is 5. The fraction of sp³-hybridized carbons (Fsp3) is 0.136. The van der Waals surface area contributed by atoms with E-state index >= 15 is 0 Å². The molecular formula is C22H17F3N6O3. The van der Waals surface area contributed by atoms with E-state index in [1.807, 2.05) is 30.3 Å². The Kier molecular flexibility index (Phi) is 6.39. The van der Waals surface area contributed by atoms with Crippen LogP contribution in [0.4, 0.5) is 18.9 Å². The third-order valence-electron chi connectivity index (χ3n) is 4.56. The Morgan fingerprint density at radius 1 is 1.00 bits per heavy atom. The lowest BCUT2D eigenvalue weighted by molar-refractivity contribution is -0.143. The molecule has 0 fully saturated rings. The van der Waals surface area contributed by atoms with Crippen LogP contribution in [-0.4, -0.2) is 38.0 Å². The number of nitrogens with one attached hydrogen (secondary N) is 1. The topological polar surface area (TPSA) is 104 Å². The van der Waals surface area contributed by atoms with Crippen LogP contribution < -0.4 is 14.8 Å². The lowest BCUT2D eigenvalue weighted by Crippen LogP contribution is -2.21. The molecule has 3 aromatic heterocycles. The number of ether oxygens (including phenoxy) is 2. The van der Waals surface area contributed by atoms with Gasteiger partial charge in [-0.3, -0.25) is 4.79 Å². The normalized spacial score (nSPS) is 11.2. The zero-order valence-electron chi connectivity index (χ0n) is 17.7. The highest BCUT2D eigenvalue weighted by Crippen LogP contribution is 2.33. The smallest absolute Gasteiger partial charge is 0.434 e. The van der Waals surface area contributed by atoms with Gasteiger partial charge in [-0.1, -0.05) is 30.3 Å². The minimum absolute atomic E-state index is 0.117. The average Bonchev–Trinajstić information content (AvgIpc) is 3.31. The van der Waals surface area contributed by atoms with Gasteiger partial charge in [-0.2, -0.15) is 18.3 Å². The summed E-state index contributed by atoms with van der Waals surface area (Å²) in [5, 5.41) is 13.4. The van der Waals surface area contributed by atoms with Gasteiger partial charge >= 0.3 is 6.18 Å². The fourth-order valence-electron chi connectivity index (χ4n) is 2.97. The zero-order chi connectivity index (χ0) is 24.1. The van der Waals surface area contributed by atoms with Gasteiger partial charge in [0, 0.05) is 12.1 Å². The van der Waals surface area contributed by atoms with Crippen molar-refractivity contribution in [3.8, 4) is 17.6 Å². The molecule has 0 saturated carbocycles. The molecule has 0 radical (unpaired) electrons. The number of benzene rings is 1. The number of anilines is 1. The average molecular weight is 470 g/mol. The summed E-state index contributed by atoms with van der Waals surface area (Å²) in [5.74, 6) is -0.830. The second-order valence-corrected chi connectivity index (χ2v) is 6.86. The molecule has 0 unspecified atom stereocenters. The van der Waals surface area contributed by atoms with E-state index in [4.69, 9.17) is 9.47 Å². The highest BCUT2D eigenvalue weighted by Gasteiger charge is 2.41. The van der Waals surface area contributed by atoms with Crippen LogP contribution in [0.25, 0.3) is 5.82 Å². The molecule has 0 aliphatic carbocycles. The van der Waals surface area contributed by atoms with E-state index in [2.05, 4.69) is 25.6 Å². The van der Waals surface area contributed by atoms with Crippen LogP contribution in [0, 0.1) is 0 Å². The summed E-state index contributed by atoms with van der Waals surface area (Å²) in [4.78, 5) is 16.7. The maximum atomic E-state index is 13.8. The lowest BCUT2D eigenvalue weighted by atomic mass is 10.2. The molecule has 34 heavy (non-hydrogen) atoms. The first-order valence-electron chi connectivity index (χ1n) is 9.82. The lowest BCUT2D eigenvalue weighted by Gasteiger charge is -2.12. The van der Waals surface area contributed by atoms with Crippen LogP contribution in [0.1, 0.15) is 21.6 Å². The zero-order valence-corrected chi connectivity index (χ0v) is 17.7. The Labute approximate surface area is 191 Å². The van der Waals surface area contributed by atoms with Crippen LogP contribution >= 0.6 is 0 Å². The van der Waals surface area contributed by atoms with Crippen molar-refractivity contribution in [1.29, 1.82) is 0 Å². The quantitative estimate of drug-likeness (QED) is 0.437. The van der Waals surface area contributed by atoms with Crippen molar-refractivity contribution < 1.29 is 27.4 Å². The molecule has 0 aliphatic heterocycles. The van der Waals surface area contributed by atoms with Crippen LogP contribution in [0.15, 0.2) is 67.0 Å². The molecule has 12 heteroatoms. The summed E-state index contributed by atoms with van der Waals surface area (Å²) in [7, 11) is 1.35. The number of hydrogen-bond acceptors (Lipinski definition) is 7. The molecule has 4 rings (SSSR count). The highest BCUT2D eigenvalue weighted by molar-refractivity contribution is 6.05. The third kappa shape index (κ3) is 5.11. The van der Waals surface area contributed by atoms with Crippen molar-refractivity contribution in [3.63, 3.8) is 0 Å². The van der Waals surface area contributed by atoms with Gasteiger partial charge in [-0.05, 0) is 17.7 Å². The van der Waals surface area contributed by atoms with E-state index in [0.29, 0.717) is 17.2 Å². The van der Waals surface area contributed by atoms with Crippen molar-refractivity contribution >= 4 is 11.6 Å². The molecule has 4 aromatic rings. The first-order chi connectivity index (χ1) is 16.3. The van der Waals surface area contributed by atoms with Crippen LogP contribution in [0.5, 0.6) is 11.8 Å². The molecule has 174 valence electrons. The summed E-state index contributed by atoms with van der Waals surface area (Å²) in [6.45, 7) is 0.294. The molecule has 0 spiro atoms. The Morgan fingerprint density at radius 2 is 1.76 bits per heavy atom. The molecule has 3 heterocycles. The van der Waals surface area contributed by atoms with Gasteiger partial charge in [0.1, 0.15) is 6.61 Å². The Bertz CT molecular complexity index is 1260. The molecule has 1 N–H and O–H groups in total. The van der Waals surface area contributed by atoms with Gasteiger partial charge < -0.3 is 14.8 Å². The van der Waals surface area contributed by atoms with Crippen molar-refractivity contribution in [3.05, 3.63) is 83.8 Å². The van der Waals surface area contributed by atoms with E-state index < -0.39 is 23.3 Å². The highest BCUT2D eigenvalue weighted by atomic mass is 19.4. The van der Waals surface area contributed by atoms with E-state index in [1.165, 1.54) is 37.6 Å². The number of carbonyl (C=O) groups is 1. The summed E-state index contributed by atoms with van der Waals surface area (Å²) >= 11 is 0. The van der Waals surface area contributed by atoms with Crippen molar-refractivity contribution in [2.75, 3.05) is 12.4 Å². The van der Waals surface area contributed by atoms with E-state index in [1.54, 1.807) is 0 Å². The predicted molar refractivity (Wildman–Crippen MR) is 114 cm³/mol. The minimum Gasteiger partial charge on any atom is -0.480 e. The monoisotopic (exact) mass is 470 g/mol. The second-order valence-electron chi connectivity index (χ2n) is 6.86. The maximum Gasteiger partial charge on any atom is 0.434 e. The largest absolute Gasteiger partial charge is 0.480 e. The Hall–Kier alpha value is -4.48. The van der Waals surface area contributed by atoms with E-state index in [-0.39, 0.29) is 17.4 Å². The summed E-state index contributed by atoms with van der Waals surface area (Å²) in [6, 6.07) is 15.0. The summed E-state index contributed by atoms with van der Waals surface area (Å²) in [5.41, 5.74) is -0.850. The molecule has 9 nitrogen and oxygen atoms in total. The van der Waals surface area contributed by atoms with Gasteiger partial charge in [-0.15, -0.1) is 10.2 Å². The second kappa shape index (κ2) is 9.57. The first kappa shape index (κ1) is 22.7. The standard InChI is InChI=1S/C22H17F3N6O3/c1-33-19-10-8-17(29-30-19)31-20(22(23,24)25)16(12-27-31)21(32)28-15-7-9-18(26-11-15)34-13-14-5-3-2-4-6-14/h2-12H,13H2,1H3,(H,28,32). The van der Waals surface area contributed by atoms with Gasteiger partial charge in [0.05, 0.1) is 30.8 Å².